The van der Waals surface area contributed by atoms with Gasteiger partial charge in [0.05, 0.1) is 23.9 Å². The number of aryl methyl sites for hydroxylation is 1. The van der Waals surface area contributed by atoms with Gasteiger partial charge in [-0.2, -0.15) is 5.10 Å². The number of Topliss-reactive ketones (excluding diaryl/α,β-unsaturated/α-hetero) is 1. The van der Waals surface area contributed by atoms with Crippen LogP contribution in [0.2, 0.25) is 0 Å². The number of anilines is 1. The Labute approximate surface area is 167 Å². The summed E-state index contributed by atoms with van der Waals surface area (Å²) in [5, 5.41) is 6.57. The number of aromatic nitrogens is 3. The highest BCUT2D eigenvalue weighted by Gasteiger charge is 2.31. The zero-order chi connectivity index (χ0) is 19.7. The lowest BCUT2D eigenvalue weighted by molar-refractivity contribution is -0.131. The maximum Gasteiger partial charge on any atom is 0.228 e. The van der Waals surface area contributed by atoms with Crippen LogP contribution in [0.4, 0.5) is 5.13 Å². The van der Waals surface area contributed by atoms with E-state index >= 15 is 0 Å². The van der Waals surface area contributed by atoms with Crippen molar-refractivity contribution in [3.8, 4) is 0 Å². The van der Waals surface area contributed by atoms with Crippen LogP contribution in [0.25, 0.3) is 0 Å². The molecule has 0 unspecified atom stereocenters. The molecule has 2 amide bonds. The van der Waals surface area contributed by atoms with Crippen LogP contribution < -0.4 is 4.90 Å². The molecule has 0 radical (unpaired) electrons. The van der Waals surface area contributed by atoms with Gasteiger partial charge in [0.15, 0.2) is 10.9 Å². The van der Waals surface area contributed by atoms with Crippen LogP contribution in [0.1, 0.15) is 48.2 Å². The number of thiazole rings is 1. The number of hydrogen-bond acceptors (Lipinski definition) is 6. The van der Waals surface area contributed by atoms with Crippen molar-refractivity contribution in [2.24, 2.45) is 7.05 Å². The molecule has 0 spiro atoms. The van der Waals surface area contributed by atoms with Gasteiger partial charge in [0, 0.05) is 50.6 Å². The minimum atomic E-state index is -0.0709. The van der Waals surface area contributed by atoms with Gasteiger partial charge in [-0.05, 0) is 19.3 Å². The highest BCUT2D eigenvalue weighted by molar-refractivity contribution is 7.14. The third-order valence-corrected chi connectivity index (χ3v) is 6.23. The highest BCUT2D eigenvalue weighted by atomic mass is 32.1. The average Bonchev–Trinajstić information content (AvgIpc) is 3.42. The average molecular weight is 401 g/mol. The van der Waals surface area contributed by atoms with Crippen LogP contribution >= 0.6 is 11.3 Å². The Hall–Kier alpha value is -2.55. The highest BCUT2D eigenvalue weighted by Crippen LogP contribution is 2.27. The number of carbonyl (C=O) groups is 3. The lowest BCUT2D eigenvalue weighted by Crippen LogP contribution is -2.37. The zero-order valence-electron chi connectivity index (χ0n) is 15.8. The van der Waals surface area contributed by atoms with Crippen LogP contribution in [-0.2, 0) is 23.1 Å². The second-order valence-electron chi connectivity index (χ2n) is 7.36. The van der Waals surface area contributed by atoms with E-state index < -0.39 is 0 Å². The Morgan fingerprint density at radius 1 is 1.29 bits per heavy atom. The van der Waals surface area contributed by atoms with Crippen molar-refractivity contribution >= 4 is 34.1 Å². The third kappa shape index (κ3) is 3.84. The lowest BCUT2D eigenvalue weighted by Gasteiger charge is -2.24. The minimum Gasteiger partial charge on any atom is -0.339 e. The first kappa shape index (κ1) is 18.8. The first-order valence-electron chi connectivity index (χ1n) is 9.57. The summed E-state index contributed by atoms with van der Waals surface area (Å²) in [4.78, 5) is 45.2. The predicted molar refractivity (Wildman–Crippen MR) is 104 cm³/mol. The summed E-state index contributed by atoms with van der Waals surface area (Å²) in [5.74, 6) is 0.105. The summed E-state index contributed by atoms with van der Waals surface area (Å²) >= 11 is 1.41. The van der Waals surface area contributed by atoms with E-state index in [1.165, 1.54) is 11.3 Å². The van der Waals surface area contributed by atoms with Crippen LogP contribution in [0.3, 0.4) is 0 Å². The molecule has 4 heterocycles. The molecule has 0 saturated carbocycles. The number of amides is 2. The number of carbonyl (C=O) groups excluding carboxylic acids is 3. The molecule has 0 aliphatic carbocycles. The summed E-state index contributed by atoms with van der Waals surface area (Å²) in [5.41, 5.74) is 1.27. The van der Waals surface area contributed by atoms with Gasteiger partial charge < -0.3 is 4.90 Å². The smallest absolute Gasteiger partial charge is 0.228 e. The molecule has 2 aromatic heterocycles. The van der Waals surface area contributed by atoms with E-state index in [2.05, 4.69) is 10.1 Å². The summed E-state index contributed by atoms with van der Waals surface area (Å²) in [7, 11) is 1.78. The van der Waals surface area contributed by atoms with E-state index in [9.17, 15) is 14.4 Å². The molecule has 2 aliphatic rings. The molecular weight excluding hydrogens is 378 g/mol. The van der Waals surface area contributed by atoms with Gasteiger partial charge in [0.2, 0.25) is 11.8 Å². The van der Waals surface area contributed by atoms with Crippen molar-refractivity contribution in [2.75, 3.05) is 18.0 Å². The van der Waals surface area contributed by atoms with Gasteiger partial charge in [-0.3, -0.25) is 24.0 Å². The Balaban J connectivity index is 1.38. The molecular formula is C19H23N5O3S. The maximum absolute atomic E-state index is 12.8. The predicted octanol–water partition coefficient (Wildman–Crippen LogP) is 1.81. The fourth-order valence-electron chi connectivity index (χ4n) is 3.88. The van der Waals surface area contributed by atoms with Crippen molar-refractivity contribution in [3.05, 3.63) is 29.0 Å². The number of nitrogens with zero attached hydrogens (tertiary/aromatic N) is 5. The van der Waals surface area contributed by atoms with E-state index in [0.29, 0.717) is 42.3 Å². The van der Waals surface area contributed by atoms with E-state index in [0.717, 1.165) is 19.3 Å². The van der Waals surface area contributed by atoms with Gasteiger partial charge >= 0.3 is 0 Å². The fraction of sp³-hybridized carbons (Fsp3) is 0.526. The second kappa shape index (κ2) is 7.83. The topological polar surface area (TPSA) is 88.4 Å². The molecule has 2 saturated heterocycles. The molecule has 148 valence electrons. The molecule has 9 heteroatoms. The quantitative estimate of drug-likeness (QED) is 0.689. The van der Waals surface area contributed by atoms with Crippen LogP contribution in [0.15, 0.2) is 17.8 Å². The SMILES string of the molecule is Cn1cc(C(=O)C[C@H]2CCCN2C(=O)Cc2csc(N3CCCC3=O)n2)cn1. The van der Waals surface area contributed by atoms with Gasteiger partial charge in [0.25, 0.3) is 0 Å². The summed E-state index contributed by atoms with van der Waals surface area (Å²) in [6.45, 7) is 1.37. The zero-order valence-corrected chi connectivity index (χ0v) is 16.7. The molecule has 0 bridgehead atoms. The lowest BCUT2D eigenvalue weighted by atomic mass is 10.0. The Bertz CT molecular complexity index is 905. The van der Waals surface area contributed by atoms with Crippen LogP contribution in [0.5, 0.6) is 0 Å². The molecule has 2 aliphatic heterocycles. The van der Waals surface area contributed by atoms with Gasteiger partial charge in [-0.1, -0.05) is 0 Å². The second-order valence-corrected chi connectivity index (χ2v) is 8.20. The van der Waals surface area contributed by atoms with E-state index in [-0.39, 0.29) is 30.1 Å². The van der Waals surface area contributed by atoms with Crippen LogP contribution in [0, 0.1) is 0 Å². The number of ketones is 1. The standard InChI is InChI=1S/C19H23N5O3S/c1-22-11-13(10-20-22)16(25)9-15-4-2-6-23(15)18(27)8-14-12-28-19(21-14)24-7-3-5-17(24)26/h10-12,15H,2-9H2,1H3/t15-/m1/s1. The Kier molecular flexibility index (Phi) is 5.25. The van der Waals surface area contributed by atoms with Gasteiger partial charge in [0.1, 0.15) is 0 Å². The van der Waals surface area contributed by atoms with Crippen molar-refractivity contribution in [2.45, 2.75) is 44.6 Å². The minimum absolute atomic E-state index is 0.00825. The molecule has 8 nitrogen and oxygen atoms in total. The first-order chi connectivity index (χ1) is 13.5. The molecule has 28 heavy (non-hydrogen) atoms. The number of hydrogen-bond donors (Lipinski definition) is 0. The Morgan fingerprint density at radius 2 is 2.14 bits per heavy atom. The maximum atomic E-state index is 12.8. The molecule has 1 atom stereocenters. The molecule has 0 aromatic carbocycles. The van der Waals surface area contributed by atoms with Gasteiger partial charge in [-0.15, -0.1) is 11.3 Å². The van der Waals surface area contributed by atoms with Crippen molar-refractivity contribution in [3.63, 3.8) is 0 Å². The summed E-state index contributed by atoms with van der Waals surface area (Å²) in [6, 6.07) is -0.0709. The van der Waals surface area contributed by atoms with Crippen molar-refractivity contribution in [1.29, 1.82) is 0 Å². The van der Waals surface area contributed by atoms with E-state index in [1.54, 1.807) is 29.0 Å². The number of rotatable bonds is 6. The van der Waals surface area contributed by atoms with Crippen molar-refractivity contribution in [1.82, 2.24) is 19.7 Å². The van der Waals surface area contributed by atoms with Gasteiger partial charge in [-0.25, -0.2) is 4.98 Å². The molecule has 2 fully saturated rings. The van der Waals surface area contributed by atoms with E-state index in [4.69, 9.17) is 0 Å². The molecule has 0 N–H and O–H groups in total. The molecule has 2 aromatic rings. The Morgan fingerprint density at radius 3 is 2.86 bits per heavy atom. The summed E-state index contributed by atoms with van der Waals surface area (Å²) in [6.07, 6.45) is 6.96. The monoisotopic (exact) mass is 401 g/mol. The third-order valence-electron chi connectivity index (χ3n) is 5.32. The van der Waals surface area contributed by atoms with Crippen molar-refractivity contribution < 1.29 is 14.4 Å². The van der Waals surface area contributed by atoms with E-state index in [1.807, 2.05) is 10.3 Å². The molecule has 4 rings (SSSR count). The number of likely N-dealkylation sites (tertiary alicyclic amines) is 1. The first-order valence-corrected chi connectivity index (χ1v) is 10.5. The normalized spacial score (nSPS) is 19.6. The largest absolute Gasteiger partial charge is 0.339 e. The fourth-order valence-corrected chi connectivity index (χ4v) is 4.75. The summed E-state index contributed by atoms with van der Waals surface area (Å²) < 4.78 is 1.61. The van der Waals surface area contributed by atoms with Crippen LogP contribution in [-0.4, -0.2) is 56.4 Å².